The van der Waals surface area contributed by atoms with Crippen molar-refractivity contribution in [2.75, 3.05) is 18.4 Å². The minimum absolute atomic E-state index is 0.0551. The lowest BCUT2D eigenvalue weighted by atomic mass is 10.1. The number of fused-ring (bicyclic) bond motifs is 3. The molecular formula is C30H25N7O2S. The predicted octanol–water partition coefficient (Wildman–Crippen LogP) is 4.96. The van der Waals surface area contributed by atoms with E-state index in [0.717, 1.165) is 53.9 Å². The van der Waals surface area contributed by atoms with Gasteiger partial charge in [-0.3, -0.25) is 29.8 Å². The molecule has 0 bridgehead atoms. The number of aromatic nitrogens is 4. The molecule has 9 nitrogen and oxygen atoms in total. The molecule has 0 unspecified atom stereocenters. The second kappa shape index (κ2) is 10.2. The number of imidazole rings is 1. The molecule has 0 radical (unpaired) electrons. The van der Waals surface area contributed by atoms with Gasteiger partial charge in [-0.1, -0.05) is 36.4 Å². The summed E-state index contributed by atoms with van der Waals surface area (Å²) in [6.45, 7) is 2.65. The maximum absolute atomic E-state index is 13.4. The van der Waals surface area contributed by atoms with Crippen LogP contribution in [-0.4, -0.2) is 55.3 Å². The Labute approximate surface area is 233 Å². The fraction of sp³-hybridized carbons (Fsp3) is 0.200. The lowest BCUT2D eigenvalue weighted by Gasteiger charge is -2.25. The number of pyridine rings is 1. The molecular weight excluding hydrogens is 522 g/mol. The van der Waals surface area contributed by atoms with E-state index in [2.05, 4.69) is 36.2 Å². The van der Waals surface area contributed by atoms with Crippen molar-refractivity contribution in [1.29, 1.82) is 0 Å². The van der Waals surface area contributed by atoms with Crippen molar-refractivity contribution in [3.05, 3.63) is 93.8 Å². The topological polar surface area (TPSA) is 116 Å². The van der Waals surface area contributed by atoms with E-state index < -0.39 is 0 Å². The molecule has 0 atom stereocenters. The van der Waals surface area contributed by atoms with E-state index in [4.69, 9.17) is 4.98 Å². The van der Waals surface area contributed by atoms with Gasteiger partial charge in [0.15, 0.2) is 5.78 Å². The molecule has 2 aliphatic rings. The largest absolute Gasteiger partial charge is 0.324 e. The number of nitrogens with one attached hydrogen (secondary N) is 2. The Morgan fingerprint density at radius 2 is 1.98 bits per heavy atom. The lowest BCUT2D eigenvalue weighted by Crippen LogP contribution is -2.34. The predicted molar refractivity (Wildman–Crippen MR) is 156 cm³/mol. The Morgan fingerprint density at radius 1 is 1.07 bits per heavy atom. The van der Waals surface area contributed by atoms with E-state index in [9.17, 15) is 9.59 Å². The minimum Gasteiger partial charge on any atom is -0.324 e. The van der Waals surface area contributed by atoms with Gasteiger partial charge in [0.2, 0.25) is 5.95 Å². The van der Waals surface area contributed by atoms with Crippen molar-refractivity contribution in [2.45, 2.75) is 25.8 Å². The number of thiazole rings is 1. The average Bonchev–Trinajstić information content (AvgIpc) is 3.72. The van der Waals surface area contributed by atoms with Gasteiger partial charge in [-0.15, -0.1) is 11.3 Å². The number of para-hydroxylation sites is 1. The van der Waals surface area contributed by atoms with E-state index in [1.807, 2.05) is 42.6 Å². The van der Waals surface area contributed by atoms with Crippen LogP contribution in [-0.2, 0) is 19.4 Å². The van der Waals surface area contributed by atoms with Crippen LogP contribution in [0.4, 0.5) is 5.95 Å². The summed E-state index contributed by atoms with van der Waals surface area (Å²) in [6, 6.07) is 14.9. The van der Waals surface area contributed by atoms with Crippen LogP contribution in [0.1, 0.15) is 42.8 Å². The summed E-state index contributed by atoms with van der Waals surface area (Å²) >= 11 is 1.62. The van der Waals surface area contributed by atoms with Crippen LogP contribution in [0, 0.1) is 0 Å². The maximum Gasteiger partial charge on any atom is 0.276 e. The molecule has 7 rings (SSSR count). The molecule has 3 aromatic heterocycles. The Bertz CT molecular complexity index is 1850. The third-order valence-electron chi connectivity index (χ3n) is 7.20. The molecule has 2 N–H and O–H groups in total. The highest BCUT2D eigenvalue weighted by Crippen LogP contribution is 2.28. The van der Waals surface area contributed by atoms with E-state index in [1.54, 1.807) is 29.7 Å². The van der Waals surface area contributed by atoms with Crippen LogP contribution < -0.4 is 5.32 Å². The Morgan fingerprint density at radius 3 is 2.85 bits per heavy atom. The second-order valence-electron chi connectivity index (χ2n) is 9.98. The summed E-state index contributed by atoms with van der Waals surface area (Å²) in [5, 5.41) is 5.49. The van der Waals surface area contributed by atoms with Gasteiger partial charge in [-0.25, -0.2) is 9.97 Å². The highest BCUT2D eigenvalue weighted by molar-refractivity contribution is 7.11. The Kier molecular flexibility index (Phi) is 6.26. The summed E-state index contributed by atoms with van der Waals surface area (Å²) in [4.78, 5) is 51.1. The highest BCUT2D eigenvalue weighted by atomic mass is 32.1. The number of hydrogen-bond donors (Lipinski definition) is 2. The van der Waals surface area contributed by atoms with E-state index >= 15 is 0 Å². The maximum atomic E-state index is 13.4. The third-order valence-corrected chi connectivity index (χ3v) is 8.28. The molecule has 0 spiro atoms. The number of amides is 1. The zero-order chi connectivity index (χ0) is 27.1. The number of nitrogens with zero attached hydrogens (tertiary/aromatic N) is 5. The van der Waals surface area contributed by atoms with Crippen molar-refractivity contribution in [2.24, 2.45) is 4.99 Å². The summed E-state index contributed by atoms with van der Waals surface area (Å²) in [6.07, 6.45) is 7.65. The van der Waals surface area contributed by atoms with Crippen LogP contribution in [0.5, 0.6) is 0 Å². The molecule has 40 heavy (non-hydrogen) atoms. The molecule has 2 aliphatic heterocycles. The van der Waals surface area contributed by atoms with Crippen molar-refractivity contribution in [3.8, 4) is 0 Å². The first kappa shape index (κ1) is 24.5. The number of ketones is 1. The smallest absolute Gasteiger partial charge is 0.276 e. The molecule has 5 heterocycles. The van der Waals surface area contributed by atoms with Crippen LogP contribution >= 0.6 is 11.3 Å². The van der Waals surface area contributed by atoms with E-state index in [1.165, 1.54) is 10.6 Å². The number of H-pyrrole nitrogens is 1. The van der Waals surface area contributed by atoms with E-state index in [-0.39, 0.29) is 29.8 Å². The van der Waals surface area contributed by atoms with Gasteiger partial charge in [-0.2, -0.15) is 0 Å². The molecule has 0 aliphatic carbocycles. The minimum atomic E-state index is -0.378. The van der Waals surface area contributed by atoms with Crippen LogP contribution in [0.25, 0.3) is 21.8 Å². The number of carbonyl (C=O) groups excluding carboxylic acids is 2. The SMILES string of the molecule is O=C(Nc1nc2c(C(=O)Cc3nc4c(s3)CN(CC3=NC=CC3)CC4)cccc2[nH]1)c1cc2ccccc2cn1. The van der Waals surface area contributed by atoms with Gasteiger partial charge < -0.3 is 4.98 Å². The molecule has 0 fully saturated rings. The number of aliphatic imine (C=N–C) groups is 1. The van der Waals surface area contributed by atoms with Gasteiger partial charge in [0.25, 0.3) is 5.91 Å². The molecule has 5 aromatic rings. The Hall–Kier alpha value is -4.54. The number of benzene rings is 2. The number of aromatic amines is 1. The molecule has 0 saturated heterocycles. The fourth-order valence-electron chi connectivity index (χ4n) is 5.20. The third kappa shape index (κ3) is 4.83. The highest BCUT2D eigenvalue weighted by Gasteiger charge is 2.24. The van der Waals surface area contributed by atoms with Crippen molar-refractivity contribution in [3.63, 3.8) is 0 Å². The lowest BCUT2D eigenvalue weighted by molar-refractivity contribution is 0.0992. The molecule has 10 heteroatoms. The summed E-state index contributed by atoms with van der Waals surface area (Å²) in [5.74, 6) is -0.168. The first-order chi connectivity index (χ1) is 19.6. The standard InChI is InChI=1S/C30H25N7O2S/c38-25(14-27-33-22-10-12-37(17-26(22)40-27)16-20-7-4-11-31-20)21-8-3-9-23-28(21)35-30(34-23)36-29(39)24-13-18-5-1-2-6-19(18)15-32-24/h1-6,8-9,11,13,15H,7,10,12,14,16-17H2,(H2,34,35,36,39). The summed E-state index contributed by atoms with van der Waals surface area (Å²) < 4.78 is 0. The van der Waals surface area contributed by atoms with Crippen molar-refractivity contribution < 1.29 is 9.59 Å². The van der Waals surface area contributed by atoms with Crippen LogP contribution in [0.2, 0.25) is 0 Å². The average molecular weight is 548 g/mol. The number of Topliss-reactive ketones (excluding diaryl/α,β-unsaturated/α-hetero) is 1. The normalized spacial score (nSPS) is 14.9. The summed E-state index contributed by atoms with van der Waals surface area (Å²) in [5.41, 5.74) is 4.27. The van der Waals surface area contributed by atoms with E-state index in [0.29, 0.717) is 16.6 Å². The second-order valence-corrected chi connectivity index (χ2v) is 11.1. The fourth-order valence-corrected chi connectivity index (χ4v) is 6.36. The number of carbonyl (C=O) groups is 2. The number of rotatable bonds is 7. The molecule has 198 valence electrons. The zero-order valence-corrected chi connectivity index (χ0v) is 22.4. The quantitative estimate of drug-likeness (QED) is 0.278. The van der Waals surface area contributed by atoms with Gasteiger partial charge >= 0.3 is 0 Å². The first-order valence-corrected chi connectivity index (χ1v) is 14.0. The number of allylic oxidation sites excluding steroid dienone is 1. The molecule has 2 aromatic carbocycles. The Balaban J connectivity index is 1.06. The van der Waals surface area contributed by atoms with Gasteiger partial charge in [-0.05, 0) is 23.6 Å². The molecule has 0 saturated carbocycles. The zero-order valence-electron chi connectivity index (χ0n) is 21.6. The van der Waals surface area contributed by atoms with Crippen LogP contribution in [0.3, 0.4) is 0 Å². The van der Waals surface area contributed by atoms with Crippen molar-refractivity contribution >= 4 is 56.5 Å². The van der Waals surface area contributed by atoms with Crippen LogP contribution in [0.15, 0.2) is 72.0 Å². The van der Waals surface area contributed by atoms with Gasteiger partial charge in [0, 0.05) is 66.4 Å². The summed E-state index contributed by atoms with van der Waals surface area (Å²) in [7, 11) is 0. The monoisotopic (exact) mass is 547 g/mol. The first-order valence-electron chi connectivity index (χ1n) is 13.2. The number of hydrogen-bond acceptors (Lipinski definition) is 8. The van der Waals surface area contributed by atoms with Gasteiger partial charge in [0.05, 0.1) is 17.6 Å². The van der Waals surface area contributed by atoms with Crippen molar-refractivity contribution in [1.82, 2.24) is 24.8 Å². The number of anilines is 1. The molecule has 1 amide bonds. The van der Waals surface area contributed by atoms with Gasteiger partial charge in [0.1, 0.15) is 16.2 Å².